The number of methoxy groups -OCH3 is 1. The number of carbonyl (C=O) groups excluding carboxylic acids is 1. The van der Waals surface area contributed by atoms with Crippen LogP contribution in [0.15, 0.2) is 65.6 Å². The molecule has 2 N–H and O–H groups in total. The summed E-state index contributed by atoms with van der Waals surface area (Å²) in [5, 5.41) is 2.78. The van der Waals surface area contributed by atoms with Crippen LogP contribution in [0, 0.1) is 11.6 Å². The fourth-order valence-corrected chi connectivity index (χ4v) is 3.89. The predicted octanol–water partition coefficient (Wildman–Crippen LogP) is 4.36. The SMILES string of the molecule is COc1ccc(Cl)cc1NC(=O)c1cc(S(=O)(=O)NCc2ccc(F)cc2)ccc1F. The van der Waals surface area contributed by atoms with Crippen LogP contribution in [-0.4, -0.2) is 21.4 Å². The Balaban J connectivity index is 1.82. The molecule has 3 aromatic rings. The van der Waals surface area contributed by atoms with E-state index in [9.17, 15) is 22.0 Å². The van der Waals surface area contributed by atoms with Crippen molar-refractivity contribution in [1.29, 1.82) is 0 Å². The minimum Gasteiger partial charge on any atom is -0.495 e. The minimum atomic E-state index is -4.07. The molecular weight excluding hydrogens is 450 g/mol. The predicted molar refractivity (Wildman–Crippen MR) is 113 cm³/mol. The number of hydrogen-bond acceptors (Lipinski definition) is 4. The number of rotatable bonds is 7. The molecule has 0 unspecified atom stereocenters. The molecule has 0 spiro atoms. The topological polar surface area (TPSA) is 84.5 Å². The Morgan fingerprint density at radius 3 is 2.42 bits per heavy atom. The molecule has 0 aliphatic carbocycles. The quantitative estimate of drug-likeness (QED) is 0.542. The van der Waals surface area contributed by atoms with Gasteiger partial charge >= 0.3 is 0 Å². The van der Waals surface area contributed by atoms with Crippen molar-refractivity contribution in [2.75, 3.05) is 12.4 Å². The van der Waals surface area contributed by atoms with Gasteiger partial charge in [-0.25, -0.2) is 21.9 Å². The number of amides is 1. The van der Waals surface area contributed by atoms with Gasteiger partial charge in [0.15, 0.2) is 0 Å². The maximum absolute atomic E-state index is 14.3. The van der Waals surface area contributed by atoms with Crippen LogP contribution >= 0.6 is 11.6 Å². The third-order valence-corrected chi connectivity index (χ3v) is 5.92. The number of anilines is 1. The first-order chi connectivity index (χ1) is 14.7. The third kappa shape index (κ3) is 5.57. The monoisotopic (exact) mass is 466 g/mol. The lowest BCUT2D eigenvalue weighted by molar-refractivity contribution is 0.102. The standard InChI is InChI=1S/C21H17ClF2N2O4S/c1-30-20-9-4-14(22)10-19(20)26-21(27)17-11-16(7-8-18(17)24)31(28,29)25-12-13-2-5-15(23)6-3-13/h2-11,25H,12H2,1H3,(H,26,27). The molecular formula is C21H17ClF2N2O4S. The van der Waals surface area contributed by atoms with Gasteiger partial charge in [-0.05, 0) is 54.1 Å². The summed E-state index contributed by atoms with van der Waals surface area (Å²) in [6.07, 6.45) is 0. The molecule has 3 aromatic carbocycles. The molecule has 0 radical (unpaired) electrons. The summed E-state index contributed by atoms with van der Waals surface area (Å²) in [7, 11) is -2.68. The zero-order valence-electron chi connectivity index (χ0n) is 16.2. The Morgan fingerprint density at radius 2 is 1.74 bits per heavy atom. The molecule has 1 amide bonds. The fourth-order valence-electron chi connectivity index (χ4n) is 2.68. The van der Waals surface area contributed by atoms with Crippen molar-refractivity contribution in [3.8, 4) is 5.75 Å². The van der Waals surface area contributed by atoms with Gasteiger partial charge in [-0.1, -0.05) is 23.7 Å². The first-order valence-electron chi connectivity index (χ1n) is 8.88. The normalized spacial score (nSPS) is 11.2. The van der Waals surface area contributed by atoms with E-state index in [1.165, 1.54) is 43.5 Å². The minimum absolute atomic E-state index is 0.110. The van der Waals surface area contributed by atoms with Gasteiger partial charge in [-0.2, -0.15) is 0 Å². The number of halogens is 3. The Kier molecular flexibility index (Phi) is 6.89. The van der Waals surface area contributed by atoms with Crippen molar-refractivity contribution in [3.63, 3.8) is 0 Å². The summed E-state index contributed by atoms with van der Waals surface area (Å²) >= 11 is 5.92. The zero-order chi connectivity index (χ0) is 22.6. The second-order valence-electron chi connectivity index (χ2n) is 6.39. The largest absolute Gasteiger partial charge is 0.495 e. The van der Waals surface area contributed by atoms with Crippen LogP contribution < -0.4 is 14.8 Å². The summed E-state index contributed by atoms with van der Waals surface area (Å²) in [4.78, 5) is 12.3. The number of carbonyl (C=O) groups is 1. The lowest BCUT2D eigenvalue weighted by Gasteiger charge is -2.12. The Morgan fingerprint density at radius 1 is 1.03 bits per heavy atom. The van der Waals surface area contributed by atoms with Gasteiger partial charge in [0.25, 0.3) is 5.91 Å². The highest BCUT2D eigenvalue weighted by Gasteiger charge is 2.20. The molecule has 3 rings (SSSR count). The number of ether oxygens (including phenoxy) is 1. The summed E-state index contributed by atoms with van der Waals surface area (Å²) in [6.45, 7) is -0.110. The van der Waals surface area contributed by atoms with E-state index in [0.717, 1.165) is 18.2 Å². The van der Waals surface area contributed by atoms with Crippen LogP contribution in [0.4, 0.5) is 14.5 Å². The summed E-state index contributed by atoms with van der Waals surface area (Å²) in [6, 6.07) is 12.6. The molecule has 0 bridgehead atoms. The molecule has 162 valence electrons. The summed E-state index contributed by atoms with van der Waals surface area (Å²) in [5.74, 6) is -1.94. The highest BCUT2D eigenvalue weighted by molar-refractivity contribution is 7.89. The lowest BCUT2D eigenvalue weighted by atomic mass is 10.2. The van der Waals surface area contributed by atoms with E-state index in [4.69, 9.17) is 16.3 Å². The highest BCUT2D eigenvalue weighted by atomic mass is 35.5. The fraction of sp³-hybridized carbons (Fsp3) is 0.0952. The van der Waals surface area contributed by atoms with Crippen LogP contribution in [0.25, 0.3) is 0 Å². The van der Waals surface area contributed by atoms with Crippen LogP contribution in [0.5, 0.6) is 5.75 Å². The first-order valence-corrected chi connectivity index (χ1v) is 10.7. The van der Waals surface area contributed by atoms with E-state index in [0.29, 0.717) is 16.3 Å². The smallest absolute Gasteiger partial charge is 0.258 e. The van der Waals surface area contributed by atoms with Crippen LogP contribution in [0.2, 0.25) is 5.02 Å². The van der Waals surface area contributed by atoms with Gasteiger partial charge in [0.1, 0.15) is 17.4 Å². The third-order valence-electron chi connectivity index (χ3n) is 4.28. The maximum atomic E-state index is 14.3. The van der Waals surface area contributed by atoms with E-state index in [2.05, 4.69) is 10.0 Å². The maximum Gasteiger partial charge on any atom is 0.258 e. The van der Waals surface area contributed by atoms with Gasteiger partial charge in [0, 0.05) is 11.6 Å². The van der Waals surface area contributed by atoms with Crippen molar-refractivity contribution in [2.45, 2.75) is 11.4 Å². The second-order valence-corrected chi connectivity index (χ2v) is 8.59. The molecule has 0 aromatic heterocycles. The Hall–Kier alpha value is -3.01. The van der Waals surface area contributed by atoms with Crippen LogP contribution in [-0.2, 0) is 16.6 Å². The van der Waals surface area contributed by atoms with E-state index in [1.54, 1.807) is 6.07 Å². The molecule has 31 heavy (non-hydrogen) atoms. The second kappa shape index (κ2) is 9.42. The van der Waals surface area contributed by atoms with E-state index in [-0.39, 0.29) is 17.1 Å². The van der Waals surface area contributed by atoms with Crippen LogP contribution in [0.1, 0.15) is 15.9 Å². The molecule has 0 atom stereocenters. The molecule has 0 heterocycles. The Bertz CT molecular complexity index is 1220. The van der Waals surface area contributed by atoms with E-state index in [1.807, 2.05) is 0 Å². The van der Waals surface area contributed by atoms with Crippen LogP contribution in [0.3, 0.4) is 0 Å². The summed E-state index contributed by atoms with van der Waals surface area (Å²) in [5.41, 5.74) is 0.242. The average Bonchev–Trinajstić information content (AvgIpc) is 2.73. The molecule has 0 fully saturated rings. The van der Waals surface area contributed by atoms with Crippen molar-refractivity contribution < 1.29 is 26.7 Å². The highest BCUT2D eigenvalue weighted by Crippen LogP contribution is 2.28. The van der Waals surface area contributed by atoms with Crippen molar-refractivity contribution >= 4 is 33.2 Å². The Labute approximate surface area is 182 Å². The lowest BCUT2D eigenvalue weighted by Crippen LogP contribution is -2.24. The van der Waals surface area contributed by atoms with E-state index >= 15 is 0 Å². The number of hydrogen-bond donors (Lipinski definition) is 2. The molecule has 0 aliphatic rings. The molecule has 10 heteroatoms. The molecule has 0 aliphatic heterocycles. The van der Waals surface area contributed by atoms with Gasteiger partial charge in [-0.15, -0.1) is 0 Å². The van der Waals surface area contributed by atoms with Gasteiger partial charge in [-0.3, -0.25) is 4.79 Å². The average molecular weight is 467 g/mol. The molecule has 6 nitrogen and oxygen atoms in total. The van der Waals surface area contributed by atoms with Gasteiger partial charge in [0.2, 0.25) is 10.0 Å². The van der Waals surface area contributed by atoms with Gasteiger partial charge in [0.05, 0.1) is 23.3 Å². The summed E-state index contributed by atoms with van der Waals surface area (Å²) < 4.78 is 59.9. The molecule has 0 saturated carbocycles. The number of nitrogens with one attached hydrogen (secondary N) is 2. The molecule has 0 saturated heterocycles. The number of sulfonamides is 1. The van der Waals surface area contributed by atoms with Crippen molar-refractivity contribution in [2.24, 2.45) is 0 Å². The van der Waals surface area contributed by atoms with Crippen molar-refractivity contribution in [3.05, 3.63) is 88.4 Å². The van der Waals surface area contributed by atoms with E-state index < -0.39 is 33.1 Å². The van der Waals surface area contributed by atoms with Gasteiger partial charge < -0.3 is 10.1 Å². The van der Waals surface area contributed by atoms with Crippen molar-refractivity contribution in [1.82, 2.24) is 4.72 Å². The number of benzene rings is 3. The zero-order valence-corrected chi connectivity index (χ0v) is 17.7. The first kappa shape index (κ1) is 22.7.